The Labute approximate surface area is 74.0 Å². The van der Waals surface area contributed by atoms with Crippen LogP contribution in [-0.4, -0.2) is 20.0 Å². The summed E-state index contributed by atoms with van der Waals surface area (Å²) in [7, 11) is 1.78. The van der Waals surface area contributed by atoms with E-state index in [2.05, 4.69) is 15.3 Å². The number of H-pyrrole nitrogens is 1. The fourth-order valence-corrected chi connectivity index (χ4v) is 1.07. The maximum atomic E-state index is 11.0. The first-order chi connectivity index (χ1) is 6.25. The molecule has 0 bridgehead atoms. The highest BCUT2D eigenvalue weighted by molar-refractivity contribution is 5.51. The SMILES string of the molecule is Cn1cc(-c2cccc(=O)[nH]2)nn1. The molecule has 0 atom stereocenters. The van der Waals surface area contributed by atoms with Crippen molar-refractivity contribution < 1.29 is 0 Å². The lowest BCUT2D eigenvalue weighted by Crippen LogP contribution is -2.03. The molecule has 13 heavy (non-hydrogen) atoms. The van der Waals surface area contributed by atoms with Gasteiger partial charge in [0.2, 0.25) is 5.56 Å². The molecule has 0 fully saturated rings. The van der Waals surface area contributed by atoms with Crippen LogP contribution in [0.3, 0.4) is 0 Å². The zero-order valence-corrected chi connectivity index (χ0v) is 7.06. The van der Waals surface area contributed by atoms with E-state index in [-0.39, 0.29) is 5.56 Å². The van der Waals surface area contributed by atoms with Crippen molar-refractivity contribution in [2.24, 2.45) is 7.05 Å². The van der Waals surface area contributed by atoms with Crippen molar-refractivity contribution in [3.05, 3.63) is 34.7 Å². The molecule has 0 aliphatic heterocycles. The average Bonchev–Trinajstić information content (AvgIpc) is 2.52. The van der Waals surface area contributed by atoms with Gasteiger partial charge < -0.3 is 4.98 Å². The number of nitrogens with zero attached hydrogens (tertiary/aromatic N) is 3. The molecule has 5 nitrogen and oxygen atoms in total. The zero-order valence-electron chi connectivity index (χ0n) is 7.06. The van der Waals surface area contributed by atoms with Crippen molar-refractivity contribution in [1.82, 2.24) is 20.0 Å². The van der Waals surface area contributed by atoms with Crippen LogP contribution in [0.1, 0.15) is 0 Å². The van der Waals surface area contributed by atoms with Gasteiger partial charge in [-0.3, -0.25) is 9.48 Å². The van der Waals surface area contributed by atoms with Gasteiger partial charge in [0.15, 0.2) is 0 Å². The highest BCUT2D eigenvalue weighted by Crippen LogP contribution is 2.09. The van der Waals surface area contributed by atoms with Crippen LogP contribution in [0.4, 0.5) is 0 Å². The largest absolute Gasteiger partial charge is 0.320 e. The van der Waals surface area contributed by atoms with E-state index < -0.39 is 0 Å². The third-order valence-electron chi connectivity index (χ3n) is 1.65. The van der Waals surface area contributed by atoms with E-state index in [0.29, 0.717) is 11.4 Å². The molecular weight excluding hydrogens is 168 g/mol. The van der Waals surface area contributed by atoms with Crippen molar-refractivity contribution in [3.8, 4) is 11.4 Å². The summed E-state index contributed by atoms with van der Waals surface area (Å²) in [6.07, 6.45) is 1.74. The smallest absolute Gasteiger partial charge is 0.248 e. The summed E-state index contributed by atoms with van der Waals surface area (Å²) in [5, 5.41) is 7.64. The van der Waals surface area contributed by atoms with E-state index in [4.69, 9.17) is 0 Å². The minimum absolute atomic E-state index is 0.136. The fourth-order valence-electron chi connectivity index (χ4n) is 1.07. The predicted molar refractivity (Wildman–Crippen MR) is 47.1 cm³/mol. The molecule has 0 unspecified atom stereocenters. The number of aromatic nitrogens is 4. The molecule has 5 heteroatoms. The third kappa shape index (κ3) is 1.48. The quantitative estimate of drug-likeness (QED) is 0.673. The summed E-state index contributed by atoms with van der Waals surface area (Å²) in [4.78, 5) is 13.6. The summed E-state index contributed by atoms with van der Waals surface area (Å²) in [5.74, 6) is 0. The number of aromatic amines is 1. The third-order valence-corrected chi connectivity index (χ3v) is 1.65. The van der Waals surface area contributed by atoms with Crippen molar-refractivity contribution in [2.45, 2.75) is 0 Å². The maximum Gasteiger partial charge on any atom is 0.248 e. The molecule has 0 radical (unpaired) electrons. The lowest BCUT2D eigenvalue weighted by Gasteiger charge is -1.92. The first-order valence-electron chi connectivity index (χ1n) is 3.82. The van der Waals surface area contributed by atoms with E-state index >= 15 is 0 Å². The summed E-state index contributed by atoms with van der Waals surface area (Å²) in [6.45, 7) is 0. The Morgan fingerprint density at radius 1 is 1.46 bits per heavy atom. The van der Waals surface area contributed by atoms with Gasteiger partial charge in [0.25, 0.3) is 0 Å². The van der Waals surface area contributed by atoms with Crippen molar-refractivity contribution in [1.29, 1.82) is 0 Å². The summed E-state index contributed by atoms with van der Waals surface area (Å²) in [6, 6.07) is 4.92. The molecule has 2 aromatic rings. The van der Waals surface area contributed by atoms with Gasteiger partial charge in [-0.15, -0.1) is 5.10 Å². The van der Waals surface area contributed by atoms with Gasteiger partial charge >= 0.3 is 0 Å². The highest BCUT2D eigenvalue weighted by atomic mass is 16.1. The molecule has 2 heterocycles. The summed E-state index contributed by atoms with van der Waals surface area (Å²) < 4.78 is 1.58. The number of hydrogen-bond acceptors (Lipinski definition) is 3. The second-order valence-corrected chi connectivity index (χ2v) is 2.71. The van der Waals surface area contributed by atoms with Crippen LogP contribution in [-0.2, 0) is 7.05 Å². The summed E-state index contributed by atoms with van der Waals surface area (Å²) >= 11 is 0. The highest BCUT2D eigenvalue weighted by Gasteiger charge is 2.01. The van der Waals surface area contributed by atoms with Gasteiger partial charge in [-0.05, 0) is 6.07 Å². The van der Waals surface area contributed by atoms with Crippen molar-refractivity contribution >= 4 is 0 Å². The number of pyridine rings is 1. The standard InChI is InChI=1S/C8H8N4O/c1-12-5-7(10-11-12)6-3-2-4-8(13)9-6/h2-5H,1H3,(H,9,13). The molecule has 1 N–H and O–H groups in total. The molecule has 66 valence electrons. The van der Waals surface area contributed by atoms with Gasteiger partial charge in [0, 0.05) is 13.1 Å². The number of nitrogens with one attached hydrogen (secondary N) is 1. The van der Waals surface area contributed by atoms with Gasteiger partial charge in [-0.25, -0.2) is 0 Å². The van der Waals surface area contributed by atoms with Gasteiger partial charge in [0.1, 0.15) is 5.69 Å². The van der Waals surface area contributed by atoms with E-state index in [1.165, 1.54) is 6.07 Å². The van der Waals surface area contributed by atoms with Crippen LogP contribution in [0.25, 0.3) is 11.4 Å². The van der Waals surface area contributed by atoms with Crippen LogP contribution in [0.2, 0.25) is 0 Å². The first kappa shape index (κ1) is 7.72. The molecular formula is C8H8N4O. The molecule has 0 saturated carbocycles. The van der Waals surface area contributed by atoms with Crippen LogP contribution in [0.15, 0.2) is 29.2 Å². The maximum absolute atomic E-state index is 11.0. The Balaban J connectivity index is 2.52. The molecule has 0 aromatic carbocycles. The zero-order chi connectivity index (χ0) is 9.26. The predicted octanol–water partition coefficient (Wildman–Crippen LogP) is 0.170. The fraction of sp³-hybridized carbons (Fsp3) is 0.125. The number of rotatable bonds is 1. The lowest BCUT2D eigenvalue weighted by molar-refractivity contribution is 0.715. The second kappa shape index (κ2) is 2.85. The minimum Gasteiger partial charge on any atom is -0.320 e. The van der Waals surface area contributed by atoms with Crippen LogP contribution in [0.5, 0.6) is 0 Å². The van der Waals surface area contributed by atoms with Crippen molar-refractivity contribution in [3.63, 3.8) is 0 Å². The minimum atomic E-state index is -0.136. The van der Waals surface area contributed by atoms with Crippen LogP contribution < -0.4 is 5.56 Å². The van der Waals surface area contributed by atoms with E-state index in [1.54, 1.807) is 30.1 Å². The molecule has 0 spiro atoms. The molecule has 0 aliphatic carbocycles. The Morgan fingerprint density at radius 3 is 2.92 bits per heavy atom. The lowest BCUT2D eigenvalue weighted by atomic mass is 10.3. The van der Waals surface area contributed by atoms with Crippen LogP contribution in [0, 0.1) is 0 Å². The van der Waals surface area contributed by atoms with Gasteiger partial charge in [-0.1, -0.05) is 11.3 Å². The normalized spacial score (nSPS) is 10.2. The molecule has 2 aromatic heterocycles. The Kier molecular flexibility index (Phi) is 1.70. The Morgan fingerprint density at radius 2 is 2.31 bits per heavy atom. The monoisotopic (exact) mass is 176 g/mol. The summed E-state index contributed by atoms with van der Waals surface area (Å²) in [5.41, 5.74) is 1.21. The Bertz CT molecular complexity index is 471. The van der Waals surface area contributed by atoms with Crippen molar-refractivity contribution in [2.75, 3.05) is 0 Å². The van der Waals surface area contributed by atoms with Gasteiger partial charge in [-0.2, -0.15) is 0 Å². The average molecular weight is 176 g/mol. The first-order valence-corrected chi connectivity index (χ1v) is 3.82. The molecule has 0 amide bonds. The van der Waals surface area contributed by atoms with E-state index in [1.807, 2.05) is 0 Å². The topological polar surface area (TPSA) is 63.6 Å². The van der Waals surface area contributed by atoms with E-state index in [0.717, 1.165) is 0 Å². The second-order valence-electron chi connectivity index (χ2n) is 2.71. The van der Waals surface area contributed by atoms with Gasteiger partial charge in [0.05, 0.1) is 11.9 Å². The van der Waals surface area contributed by atoms with Crippen LogP contribution >= 0.6 is 0 Å². The number of hydrogen-bond donors (Lipinski definition) is 1. The van der Waals surface area contributed by atoms with E-state index in [9.17, 15) is 4.79 Å². The molecule has 0 saturated heterocycles. The Hall–Kier alpha value is -1.91. The molecule has 2 rings (SSSR count). The number of aryl methyl sites for hydroxylation is 1. The molecule has 0 aliphatic rings.